The number of rotatable bonds is 7. The SMILES string of the molecule is O=C(CS(=O)(=O)c1ccc(F)cc1)NCCOc1ccccc1. The van der Waals surface area contributed by atoms with E-state index in [1.54, 1.807) is 12.1 Å². The fourth-order valence-corrected chi connectivity index (χ4v) is 2.99. The zero-order valence-corrected chi connectivity index (χ0v) is 13.1. The highest BCUT2D eigenvalue weighted by molar-refractivity contribution is 7.92. The fourth-order valence-electron chi connectivity index (χ4n) is 1.82. The molecule has 2 aromatic carbocycles. The second-order valence-corrected chi connectivity index (χ2v) is 6.71. The van der Waals surface area contributed by atoms with Crippen molar-refractivity contribution in [3.63, 3.8) is 0 Å². The number of hydrogen-bond acceptors (Lipinski definition) is 4. The summed E-state index contributed by atoms with van der Waals surface area (Å²) in [6.45, 7) is 0.416. The van der Waals surface area contributed by atoms with Crippen molar-refractivity contribution in [1.29, 1.82) is 0 Å². The molecule has 0 aliphatic rings. The first kappa shape index (κ1) is 17.0. The van der Waals surface area contributed by atoms with Crippen LogP contribution in [0.3, 0.4) is 0 Å². The van der Waals surface area contributed by atoms with Crippen LogP contribution in [-0.4, -0.2) is 33.2 Å². The van der Waals surface area contributed by atoms with E-state index < -0.39 is 27.3 Å². The van der Waals surface area contributed by atoms with Crippen LogP contribution < -0.4 is 10.1 Å². The summed E-state index contributed by atoms with van der Waals surface area (Å²) < 4.78 is 42.2. The molecule has 0 atom stereocenters. The molecule has 0 spiro atoms. The average Bonchev–Trinajstić information content (AvgIpc) is 2.52. The Hall–Kier alpha value is -2.41. The van der Waals surface area contributed by atoms with Crippen LogP contribution in [-0.2, 0) is 14.6 Å². The van der Waals surface area contributed by atoms with Crippen molar-refractivity contribution in [3.05, 3.63) is 60.4 Å². The number of amides is 1. The highest BCUT2D eigenvalue weighted by Crippen LogP contribution is 2.11. The molecular formula is C16H16FNO4S. The predicted molar refractivity (Wildman–Crippen MR) is 83.4 cm³/mol. The monoisotopic (exact) mass is 337 g/mol. The number of sulfone groups is 1. The number of halogens is 1. The standard InChI is InChI=1S/C16H16FNO4S/c17-13-6-8-15(9-7-13)23(20,21)12-16(19)18-10-11-22-14-4-2-1-3-5-14/h1-9H,10-12H2,(H,18,19). The first-order chi connectivity index (χ1) is 11.0. The molecule has 0 aliphatic heterocycles. The number of ether oxygens (including phenoxy) is 1. The van der Waals surface area contributed by atoms with Gasteiger partial charge in [0.25, 0.3) is 0 Å². The summed E-state index contributed by atoms with van der Waals surface area (Å²) in [6, 6.07) is 13.4. The van der Waals surface area contributed by atoms with Gasteiger partial charge in [0, 0.05) is 0 Å². The number of carbonyl (C=O) groups excluding carboxylic acids is 1. The topological polar surface area (TPSA) is 72.5 Å². The summed E-state index contributed by atoms with van der Waals surface area (Å²) in [5, 5.41) is 2.47. The Morgan fingerprint density at radius 2 is 1.70 bits per heavy atom. The molecule has 0 aromatic heterocycles. The molecule has 0 fully saturated rings. The quantitative estimate of drug-likeness (QED) is 0.618. The van der Waals surface area contributed by atoms with E-state index in [2.05, 4.69) is 5.32 Å². The van der Waals surface area contributed by atoms with Crippen LogP contribution in [0.15, 0.2) is 59.5 Å². The van der Waals surface area contributed by atoms with Crippen molar-refractivity contribution in [1.82, 2.24) is 5.32 Å². The molecule has 0 saturated heterocycles. The molecular weight excluding hydrogens is 321 g/mol. The molecule has 0 aliphatic carbocycles. The van der Waals surface area contributed by atoms with E-state index in [4.69, 9.17) is 4.74 Å². The van der Waals surface area contributed by atoms with Crippen molar-refractivity contribution < 1.29 is 22.3 Å². The van der Waals surface area contributed by atoms with Gasteiger partial charge >= 0.3 is 0 Å². The Balaban J connectivity index is 1.79. The number of para-hydroxylation sites is 1. The highest BCUT2D eigenvalue weighted by Gasteiger charge is 2.19. The maximum atomic E-state index is 12.8. The highest BCUT2D eigenvalue weighted by atomic mass is 32.2. The van der Waals surface area contributed by atoms with Crippen LogP contribution in [0.25, 0.3) is 0 Å². The lowest BCUT2D eigenvalue weighted by Crippen LogP contribution is -2.33. The van der Waals surface area contributed by atoms with Gasteiger partial charge in [-0.1, -0.05) is 18.2 Å². The van der Waals surface area contributed by atoms with Crippen molar-refractivity contribution in [2.75, 3.05) is 18.9 Å². The summed E-state index contributed by atoms with van der Waals surface area (Å²) >= 11 is 0. The zero-order chi connectivity index (χ0) is 16.7. The Labute approximate surface area is 134 Å². The largest absolute Gasteiger partial charge is 0.492 e. The third-order valence-corrected chi connectivity index (χ3v) is 4.56. The lowest BCUT2D eigenvalue weighted by Gasteiger charge is -2.08. The molecule has 2 aromatic rings. The lowest BCUT2D eigenvalue weighted by atomic mass is 10.3. The molecule has 122 valence electrons. The van der Waals surface area contributed by atoms with E-state index in [0.717, 1.165) is 24.3 Å². The predicted octanol–water partition coefficient (Wildman–Crippen LogP) is 1.79. The van der Waals surface area contributed by atoms with Gasteiger partial charge in [0.1, 0.15) is 23.9 Å². The smallest absolute Gasteiger partial charge is 0.235 e. The lowest BCUT2D eigenvalue weighted by molar-refractivity contribution is -0.118. The molecule has 7 heteroatoms. The van der Waals surface area contributed by atoms with Crippen molar-refractivity contribution in [2.24, 2.45) is 0 Å². The number of nitrogens with one attached hydrogen (secondary N) is 1. The minimum atomic E-state index is -3.79. The average molecular weight is 337 g/mol. The molecule has 0 radical (unpaired) electrons. The van der Waals surface area contributed by atoms with Crippen LogP contribution in [0.2, 0.25) is 0 Å². The van der Waals surface area contributed by atoms with Gasteiger partial charge in [-0.15, -0.1) is 0 Å². The molecule has 0 heterocycles. The number of benzene rings is 2. The van der Waals surface area contributed by atoms with Gasteiger partial charge < -0.3 is 10.1 Å². The van der Waals surface area contributed by atoms with Crippen LogP contribution in [0.4, 0.5) is 4.39 Å². The summed E-state index contributed by atoms with van der Waals surface area (Å²) in [4.78, 5) is 11.6. The first-order valence-electron chi connectivity index (χ1n) is 6.90. The Bertz CT molecular complexity index is 745. The first-order valence-corrected chi connectivity index (χ1v) is 8.55. The second-order valence-electron chi connectivity index (χ2n) is 4.72. The second kappa shape index (κ2) is 7.73. The number of hydrogen-bond donors (Lipinski definition) is 1. The van der Waals surface area contributed by atoms with E-state index in [-0.39, 0.29) is 18.0 Å². The molecule has 1 amide bonds. The van der Waals surface area contributed by atoms with Crippen LogP contribution >= 0.6 is 0 Å². The molecule has 0 unspecified atom stereocenters. The van der Waals surface area contributed by atoms with Crippen molar-refractivity contribution >= 4 is 15.7 Å². The molecule has 2 rings (SSSR count). The number of carbonyl (C=O) groups is 1. The third-order valence-electron chi connectivity index (χ3n) is 2.93. The molecule has 5 nitrogen and oxygen atoms in total. The minimum absolute atomic E-state index is 0.0883. The normalized spacial score (nSPS) is 11.0. The van der Waals surface area contributed by atoms with Gasteiger partial charge in [-0.2, -0.15) is 0 Å². The van der Waals surface area contributed by atoms with E-state index in [9.17, 15) is 17.6 Å². The summed E-state index contributed by atoms with van der Waals surface area (Å²) in [5.74, 6) is -1.19. The van der Waals surface area contributed by atoms with Crippen molar-refractivity contribution in [2.45, 2.75) is 4.90 Å². The minimum Gasteiger partial charge on any atom is -0.492 e. The van der Waals surface area contributed by atoms with Gasteiger partial charge in [0.05, 0.1) is 11.4 Å². The Morgan fingerprint density at radius 1 is 1.04 bits per heavy atom. The zero-order valence-electron chi connectivity index (χ0n) is 12.2. The van der Waals surface area contributed by atoms with Crippen molar-refractivity contribution in [3.8, 4) is 5.75 Å². The van der Waals surface area contributed by atoms with Gasteiger partial charge in [-0.05, 0) is 36.4 Å². The van der Waals surface area contributed by atoms with Gasteiger partial charge in [-0.3, -0.25) is 4.79 Å². The molecule has 0 bridgehead atoms. The fraction of sp³-hybridized carbons (Fsp3) is 0.188. The van der Waals surface area contributed by atoms with Gasteiger partial charge in [0.2, 0.25) is 5.91 Å². The van der Waals surface area contributed by atoms with E-state index >= 15 is 0 Å². The van der Waals surface area contributed by atoms with E-state index in [1.165, 1.54) is 0 Å². The summed E-state index contributed by atoms with van der Waals surface area (Å²) in [5.41, 5.74) is 0. The summed E-state index contributed by atoms with van der Waals surface area (Å²) in [6.07, 6.45) is 0. The molecule has 1 N–H and O–H groups in total. The molecule has 23 heavy (non-hydrogen) atoms. The maximum Gasteiger partial charge on any atom is 0.235 e. The van der Waals surface area contributed by atoms with Crippen LogP contribution in [0.5, 0.6) is 5.75 Å². The Morgan fingerprint density at radius 3 is 2.35 bits per heavy atom. The summed E-state index contributed by atoms with van der Waals surface area (Å²) in [7, 11) is -3.79. The van der Waals surface area contributed by atoms with E-state index in [0.29, 0.717) is 5.75 Å². The molecule has 0 saturated carbocycles. The maximum absolute atomic E-state index is 12.8. The third kappa shape index (κ3) is 5.37. The van der Waals surface area contributed by atoms with Crippen LogP contribution in [0, 0.1) is 5.82 Å². The Kier molecular flexibility index (Phi) is 5.70. The van der Waals surface area contributed by atoms with Crippen LogP contribution in [0.1, 0.15) is 0 Å². The van der Waals surface area contributed by atoms with Gasteiger partial charge in [-0.25, -0.2) is 12.8 Å². The van der Waals surface area contributed by atoms with Gasteiger partial charge in [0.15, 0.2) is 9.84 Å². The van der Waals surface area contributed by atoms with E-state index in [1.807, 2.05) is 18.2 Å².